The summed E-state index contributed by atoms with van der Waals surface area (Å²) >= 11 is 5.74. The highest BCUT2D eigenvalue weighted by molar-refractivity contribution is 6.29. The summed E-state index contributed by atoms with van der Waals surface area (Å²) in [6, 6.07) is 3.42. The van der Waals surface area contributed by atoms with Gasteiger partial charge in [0.2, 0.25) is 0 Å². The van der Waals surface area contributed by atoms with Gasteiger partial charge in [-0.25, -0.2) is 9.78 Å². The average Bonchev–Trinajstić information content (AvgIpc) is 2.94. The zero-order chi connectivity index (χ0) is 17.7. The molecule has 0 radical (unpaired) electrons. The van der Waals surface area contributed by atoms with Crippen molar-refractivity contribution in [3.05, 3.63) is 29.3 Å². The summed E-state index contributed by atoms with van der Waals surface area (Å²) in [6.07, 6.45) is 2.13. The van der Waals surface area contributed by atoms with Gasteiger partial charge in [-0.1, -0.05) is 18.5 Å². The van der Waals surface area contributed by atoms with Crippen molar-refractivity contribution in [3.8, 4) is 11.4 Å². The van der Waals surface area contributed by atoms with E-state index in [1.807, 2.05) is 27.7 Å². The fourth-order valence-corrected chi connectivity index (χ4v) is 2.15. The van der Waals surface area contributed by atoms with Gasteiger partial charge in [0.25, 0.3) is 0 Å². The van der Waals surface area contributed by atoms with Gasteiger partial charge >= 0.3 is 6.09 Å². The maximum atomic E-state index is 12.3. The Morgan fingerprint density at radius 1 is 1.33 bits per heavy atom. The Morgan fingerprint density at radius 3 is 2.67 bits per heavy atom. The number of halogens is 1. The summed E-state index contributed by atoms with van der Waals surface area (Å²) in [6.45, 7) is 8.47. The molecule has 0 saturated heterocycles. The highest BCUT2D eigenvalue weighted by atomic mass is 35.5. The van der Waals surface area contributed by atoms with Crippen LogP contribution in [-0.2, 0) is 11.3 Å². The van der Waals surface area contributed by atoms with Crippen molar-refractivity contribution in [2.75, 3.05) is 6.54 Å². The van der Waals surface area contributed by atoms with Gasteiger partial charge in [-0.2, -0.15) is 0 Å². The Labute approximate surface area is 146 Å². The minimum atomic E-state index is -0.531. The van der Waals surface area contributed by atoms with E-state index in [1.165, 1.54) is 0 Å². The molecule has 0 aliphatic carbocycles. The topological polar surface area (TPSA) is 84.0 Å². The maximum Gasteiger partial charge on any atom is 0.410 e. The lowest BCUT2D eigenvalue weighted by atomic mass is 10.2. The predicted octanol–water partition coefficient (Wildman–Crippen LogP) is 3.67. The number of carbonyl (C=O) groups is 1. The van der Waals surface area contributed by atoms with Crippen molar-refractivity contribution in [2.24, 2.45) is 0 Å². The molecular formula is C16H22ClN5O2. The lowest BCUT2D eigenvalue weighted by Gasteiger charge is -2.26. The van der Waals surface area contributed by atoms with Gasteiger partial charge < -0.3 is 14.6 Å². The molecule has 1 N–H and O–H groups in total. The van der Waals surface area contributed by atoms with E-state index in [9.17, 15) is 4.79 Å². The Balaban J connectivity index is 2.10. The van der Waals surface area contributed by atoms with Crippen LogP contribution in [-0.4, -0.2) is 43.3 Å². The highest BCUT2D eigenvalue weighted by Crippen LogP contribution is 2.17. The first-order valence-electron chi connectivity index (χ1n) is 7.80. The van der Waals surface area contributed by atoms with Gasteiger partial charge in [-0.15, -0.1) is 10.2 Å². The van der Waals surface area contributed by atoms with Crippen LogP contribution in [0.2, 0.25) is 5.15 Å². The highest BCUT2D eigenvalue weighted by Gasteiger charge is 2.22. The molecule has 2 rings (SSSR count). The second-order valence-corrected chi connectivity index (χ2v) is 6.77. The zero-order valence-corrected chi connectivity index (χ0v) is 15.1. The minimum Gasteiger partial charge on any atom is -0.444 e. The molecule has 0 atom stereocenters. The molecule has 130 valence electrons. The molecule has 0 saturated carbocycles. The van der Waals surface area contributed by atoms with Crippen molar-refractivity contribution >= 4 is 17.7 Å². The molecule has 0 aliphatic rings. The van der Waals surface area contributed by atoms with E-state index in [1.54, 1.807) is 23.2 Å². The Morgan fingerprint density at radius 2 is 2.08 bits per heavy atom. The standard InChI is InChI=1S/C16H22ClN5O2/c1-5-8-22(15(23)24-16(2,3)4)10-14-18-9-12(19-14)11-6-7-13(17)21-20-11/h6-7,9H,5,8,10H2,1-4H3,(H,18,19). The fourth-order valence-electron chi connectivity index (χ4n) is 2.04. The predicted molar refractivity (Wildman–Crippen MR) is 91.6 cm³/mol. The molecule has 8 heteroatoms. The number of imidazole rings is 1. The van der Waals surface area contributed by atoms with E-state index < -0.39 is 5.60 Å². The van der Waals surface area contributed by atoms with Crippen molar-refractivity contribution in [3.63, 3.8) is 0 Å². The SMILES string of the molecule is CCCN(Cc1ncc(-c2ccc(Cl)nn2)[nH]1)C(=O)OC(C)(C)C. The second kappa shape index (κ2) is 7.61. The molecule has 2 heterocycles. The van der Waals surface area contributed by atoms with Gasteiger partial charge in [-0.05, 0) is 39.3 Å². The van der Waals surface area contributed by atoms with Gasteiger partial charge in [0.05, 0.1) is 18.4 Å². The smallest absolute Gasteiger partial charge is 0.410 e. The Bertz CT molecular complexity index is 679. The van der Waals surface area contributed by atoms with E-state index in [0.717, 1.165) is 12.1 Å². The number of hydrogen-bond donors (Lipinski definition) is 1. The van der Waals surface area contributed by atoms with Crippen LogP contribution in [0.4, 0.5) is 4.79 Å². The van der Waals surface area contributed by atoms with E-state index in [4.69, 9.17) is 16.3 Å². The van der Waals surface area contributed by atoms with E-state index in [2.05, 4.69) is 20.2 Å². The number of nitrogens with zero attached hydrogens (tertiary/aromatic N) is 4. The first kappa shape index (κ1) is 18.2. The fraction of sp³-hybridized carbons (Fsp3) is 0.500. The van der Waals surface area contributed by atoms with E-state index >= 15 is 0 Å². The number of nitrogens with one attached hydrogen (secondary N) is 1. The Hall–Kier alpha value is -2.15. The molecule has 24 heavy (non-hydrogen) atoms. The number of hydrogen-bond acceptors (Lipinski definition) is 5. The van der Waals surface area contributed by atoms with Crippen LogP contribution >= 0.6 is 11.6 Å². The third-order valence-electron chi connectivity index (χ3n) is 3.02. The third kappa shape index (κ3) is 5.19. The van der Waals surface area contributed by atoms with E-state index in [-0.39, 0.29) is 6.09 Å². The van der Waals surface area contributed by atoms with Crippen LogP contribution in [0, 0.1) is 0 Å². The Kier molecular flexibility index (Phi) is 5.77. The van der Waals surface area contributed by atoms with Gasteiger partial charge in [0.1, 0.15) is 17.1 Å². The van der Waals surface area contributed by atoms with Gasteiger partial charge in [0, 0.05) is 6.54 Å². The molecule has 2 aromatic rings. The maximum absolute atomic E-state index is 12.3. The van der Waals surface area contributed by atoms with Crippen LogP contribution in [0.25, 0.3) is 11.4 Å². The second-order valence-electron chi connectivity index (χ2n) is 6.39. The summed E-state index contributed by atoms with van der Waals surface area (Å²) in [7, 11) is 0. The van der Waals surface area contributed by atoms with Crippen LogP contribution in [0.15, 0.2) is 18.3 Å². The normalized spacial score (nSPS) is 11.4. The van der Waals surface area contributed by atoms with E-state index in [0.29, 0.717) is 29.8 Å². The molecule has 0 bridgehead atoms. The van der Waals surface area contributed by atoms with Crippen LogP contribution in [0.3, 0.4) is 0 Å². The van der Waals surface area contributed by atoms with Crippen molar-refractivity contribution in [1.29, 1.82) is 0 Å². The van der Waals surface area contributed by atoms with Crippen LogP contribution in [0.5, 0.6) is 0 Å². The van der Waals surface area contributed by atoms with Crippen molar-refractivity contribution in [2.45, 2.75) is 46.3 Å². The summed E-state index contributed by atoms with van der Waals surface area (Å²) in [5, 5.41) is 8.14. The number of ether oxygens (including phenoxy) is 1. The van der Waals surface area contributed by atoms with Crippen LogP contribution in [0.1, 0.15) is 39.9 Å². The summed E-state index contributed by atoms with van der Waals surface area (Å²) in [5.41, 5.74) is 0.822. The largest absolute Gasteiger partial charge is 0.444 e. The molecule has 7 nitrogen and oxygen atoms in total. The van der Waals surface area contributed by atoms with Gasteiger partial charge in [0.15, 0.2) is 5.15 Å². The molecule has 0 aliphatic heterocycles. The average molecular weight is 352 g/mol. The summed E-state index contributed by atoms with van der Waals surface area (Å²) < 4.78 is 5.44. The number of amides is 1. The molecule has 1 amide bonds. The quantitative estimate of drug-likeness (QED) is 0.888. The molecule has 0 unspecified atom stereocenters. The monoisotopic (exact) mass is 351 g/mol. The number of carbonyl (C=O) groups excluding carboxylic acids is 1. The lowest BCUT2D eigenvalue weighted by Crippen LogP contribution is -2.37. The van der Waals surface area contributed by atoms with Crippen molar-refractivity contribution in [1.82, 2.24) is 25.1 Å². The van der Waals surface area contributed by atoms with Gasteiger partial charge in [-0.3, -0.25) is 0 Å². The number of aromatic amines is 1. The summed E-state index contributed by atoms with van der Waals surface area (Å²) in [4.78, 5) is 21.4. The third-order valence-corrected chi connectivity index (χ3v) is 3.22. The summed E-state index contributed by atoms with van der Waals surface area (Å²) in [5.74, 6) is 0.654. The molecule has 0 spiro atoms. The van der Waals surface area contributed by atoms with Crippen LogP contribution < -0.4 is 0 Å². The molecule has 0 fully saturated rings. The lowest BCUT2D eigenvalue weighted by molar-refractivity contribution is 0.0229. The minimum absolute atomic E-state index is 0.331. The first-order valence-corrected chi connectivity index (χ1v) is 8.17. The zero-order valence-electron chi connectivity index (χ0n) is 14.3. The number of rotatable bonds is 5. The first-order chi connectivity index (χ1) is 11.3. The number of aromatic nitrogens is 4. The molecule has 0 aromatic carbocycles. The van der Waals surface area contributed by atoms with Crippen molar-refractivity contribution < 1.29 is 9.53 Å². The number of H-pyrrole nitrogens is 1. The molecular weight excluding hydrogens is 330 g/mol. The molecule has 2 aromatic heterocycles.